The number of carboxylic acid groups (broad SMARTS) is 1. The van der Waals surface area contributed by atoms with Crippen molar-refractivity contribution < 1.29 is 9.90 Å². The molecule has 0 aliphatic carbocycles. The molecule has 1 aromatic rings. The minimum absolute atomic E-state index is 0.168. The lowest BCUT2D eigenvalue weighted by molar-refractivity contribution is -0.136. The highest BCUT2D eigenvalue weighted by Crippen LogP contribution is 2.22. The summed E-state index contributed by atoms with van der Waals surface area (Å²) in [6.45, 7) is 5.58. The van der Waals surface area contributed by atoms with Gasteiger partial charge in [-0.1, -0.05) is 26.0 Å². The van der Waals surface area contributed by atoms with Crippen LogP contribution in [0.1, 0.15) is 25.8 Å². The third kappa shape index (κ3) is 6.34. The van der Waals surface area contributed by atoms with E-state index in [1.807, 2.05) is 11.8 Å². The molecule has 0 bridgehead atoms. The van der Waals surface area contributed by atoms with Gasteiger partial charge in [-0.25, -0.2) is 0 Å². The number of carboxylic acids is 1. The monoisotopic (exact) mass is 253 g/mol. The summed E-state index contributed by atoms with van der Waals surface area (Å²) in [5.41, 5.74) is 1.18. The highest BCUT2D eigenvalue weighted by molar-refractivity contribution is 7.99. The predicted molar refractivity (Wildman–Crippen MR) is 71.4 cm³/mol. The Balaban J connectivity index is 2.32. The van der Waals surface area contributed by atoms with Crippen molar-refractivity contribution in [1.29, 1.82) is 0 Å². The first-order valence-electron chi connectivity index (χ1n) is 5.76. The summed E-state index contributed by atoms with van der Waals surface area (Å²) < 4.78 is 0. The predicted octanol–water partition coefficient (Wildman–Crippen LogP) is 2.75. The lowest BCUT2D eigenvalue weighted by Crippen LogP contribution is -2.17. The van der Waals surface area contributed by atoms with Crippen LogP contribution in [0.3, 0.4) is 0 Å². The molecular formula is C13H19NO2S. The van der Waals surface area contributed by atoms with Gasteiger partial charge in [0.2, 0.25) is 0 Å². The Morgan fingerprint density at radius 3 is 2.53 bits per heavy atom. The molecule has 17 heavy (non-hydrogen) atoms. The molecule has 0 saturated carbocycles. The van der Waals surface area contributed by atoms with Crippen LogP contribution in [0.15, 0.2) is 29.2 Å². The highest BCUT2D eigenvalue weighted by atomic mass is 32.2. The number of rotatable bonds is 7. The summed E-state index contributed by atoms with van der Waals surface area (Å²) in [6.07, 6.45) is 0.168. The van der Waals surface area contributed by atoms with Crippen LogP contribution in [-0.4, -0.2) is 22.9 Å². The third-order valence-electron chi connectivity index (χ3n) is 2.14. The first-order valence-corrected chi connectivity index (χ1v) is 6.64. The van der Waals surface area contributed by atoms with Gasteiger partial charge in [0.1, 0.15) is 0 Å². The summed E-state index contributed by atoms with van der Waals surface area (Å²) in [6, 6.07) is 8.38. The number of thioether (sulfide) groups is 1. The number of carbonyl (C=O) groups is 1. The quantitative estimate of drug-likeness (QED) is 0.579. The molecule has 0 saturated heterocycles. The van der Waals surface area contributed by atoms with Crippen molar-refractivity contribution in [1.82, 2.24) is 5.32 Å². The number of hydrogen-bond donors (Lipinski definition) is 2. The molecule has 2 N–H and O–H groups in total. The van der Waals surface area contributed by atoms with E-state index in [1.54, 1.807) is 0 Å². The van der Waals surface area contributed by atoms with Crippen molar-refractivity contribution in [2.45, 2.75) is 37.0 Å². The normalized spacial score (nSPS) is 10.8. The van der Waals surface area contributed by atoms with Crippen LogP contribution in [0.5, 0.6) is 0 Å². The van der Waals surface area contributed by atoms with Crippen LogP contribution >= 0.6 is 11.8 Å². The molecule has 3 nitrogen and oxygen atoms in total. The maximum atomic E-state index is 10.3. The van der Waals surface area contributed by atoms with E-state index in [0.717, 1.165) is 6.54 Å². The zero-order chi connectivity index (χ0) is 12.7. The lowest BCUT2D eigenvalue weighted by Gasteiger charge is -2.07. The van der Waals surface area contributed by atoms with Crippen molar-refractivity contribution >= 4 is 17.7 Å². The molecule has 1 rings (SSSR count). The van der Waals surface area contributed by atoms with Crippen molar-refractivity contribution in [2.24, 2.45) is 0 Å². The fourth-order valence-corrected chi connectivity index (χ4v) is 2.22. The number of benzene rings is 1. The smallest absolute Gasteiger partial charge is 0.304 e. The largest absolute Gasteiger partial charge is 0.481 e. The molecule has 0 atom stereocenters. The van der Waals surface area contributed by atoms with Gasteiger partial charge in [-0.2, -0.15) is 0 Å². The average Bonchev–Trinajstić information content (AvgIpc) is 2.25. The van der Waals surface area contributed by atoms with Crippen LogP contribution in [-0.2, 0) is 11.3 Å². The molecular weight excluding hydrogens is 234 g/mol. The van der Waals surface area contributed by atoms with E-state index in [2.05, 4.69) is 43.4 Å². The maximum absolute atomic E-state index is 10.3. The van der Waals surface area contributed by atoms with Crippen LogP contribution < -0.4 is 5.32 Å². The SMILES string of the molecule is CC(C)Sc1ccc(CNCCC(=O)O)cc1. The molecule has 0 radical (unpaired) electrons. The van der Waals surface area contributed by atoms with Gasteiger partial charge in [-0.05, 0) is 17.7 Å². The molecule has 0 unspecified atom stereocenters. The van der Waals surface area contributed by atoms with Gasteiger partial charge in [0.05, 0.1) is 6.42 Å². The summed E-state index contributed by atoms with van der Waals surface area (Å²) >= 11 is 1.84. The molecule has 0 fully saturated rings. The van der Waals surface area contributed by atoms with Gasteiger partial charge >= 0.3 is 5.97 Å². The topological polar surface area (TPSA) is 49.3 Å². The number of aliphatic carboxylic acids is 1. The molecule has 1 aromatic carbocycles. The van der Waals surface area contributed by atoms with Crippen LogP contribution in [0.25, 0.3) is 0 Å². The Kier molecular flexibility index (Phi) is 6.08. The summed E-state index contributed by atoms with van der Waals surface area (Å²) in [7, 11) is 0. The van der Waals surface area contributed by atoms with Crippen molar-refractivity contribution in [3.05, 3.63) is 29.8 Å². The first-order chi connectivity index (χ1) is 8.08. The van der Waals surface area contributed by atoms with E-state index >= 15 is 0 Å². The Labute approximate surface area is 107 Å². The second-order valence-corrected chi connectivity index (χ2v) is 5.78. The molecule has 0 aliphatic rings. The highest BCUT2D eigenvalue weighted by Gasteiger charge is 1.99. The van der Waals surface area contributed by atoms with Gasteiger partial charge < -0.3 is 10.4 Å². The van der Waals surface area contributed by atoms with Crippen molar-refractivity contribution in [3.63, 3.8) is 0 Å². The Bertz CT molecular complexity index is 349. The van der Waals surface area contributed by atoms with Gasteiger partial charge in [0.25, 0.3) is 0 Å². The zero-order valence-corrected chi connectivity index (χ0v) is 11.1. The Morgan fingerprint density at radius 1 is 1.35 bits per heavy atom. The molecule has 0 spiro atoms. The van der Waals surface area contributed by atoms with E-state index in [0.29, 0.717) is 11.8 Å². The van der Waals surface area contributed by atoms with Crippen molar-refractivity contribution in [3.8, 4) is 0 Å². The molecule has 94 valence electrons. The van der Waals surface area contributed by atoms with E-state index < -0.39 is 5.97 Å². The molecule has 0 aliphatic heterocycles. The lowest BCUT2D eigenvalue weighted by atomic mass is 10.2. The van der Waals surface area contributed by atoms with E-state index in [1.165, 1.54) is 10.5 Å². The van der Waals surface area contributed by atoms with Crippen LogP contribution in [0, 0.1) is 0 Å². The molecule has 0 amide bonds. The summed E-state index contributed by atoms with van der Waals surface area (Å²) in [5.74, 6) is -0.763. The van der Waals surface area contributed by atoms with Gasteiger partial charge in [-0.15, -0.1) is 11.8 Å². The van der Waals surface area contributed by atoms with Crippen LogP contribution in [0.2, 0.25) is 0 Å². The number of nitrogens with one attached hydrogen (secondary N) is 1. The Morgan fingerprint density at radius 2 is 2.00 bits per heavy atom. The standard InChI is InChI=1S/C13H19NO2S/c1-10(2)17-12-5-3-11(4-6-12)9-14-8-7-13(15)16/h3-6,10,14H,7-9H2,1-2H3,(H,15,16). The van der Waals surface area contributed by atoms with E-state index in [4.69, 9.17) is 5.11 Å². The second kappa shape index (κ2) is 7.35. The first kappa shape index (κ1) is 14.1. The van der Waals surface area contributed by atoms with Gasteiger partial charge in [0, 0.05) is 23.2 Å². The number of hydrogen-bond acceptors (Lipinski definition) is 3. The fourth-order valence-electron chi connectivity index (χ4n) is 1.39. The zero-order valence-electron chi connectivity index (χ0n) is 10.3. The second-order valence-electron chi connectivity index (χ2n) is 4.13. The minimum atomic E-state index is -0.763. The summed E-state index contributed by atoms with van der Waals surface area (Å²) in [4.78, 5) is 11.6. The fraction of sp³-hybridized carbons (Fsp3) is 0.462. The maximum Gasteiger partial charge on any atom is 0.304 e. The van der Waals surface area contributed by atoms with E-state index in [-0.39, 0.29) is 6.42 Å². The van der Waals surface area contributed by atoms with Gasteiger partial charge in [0.15, 0.2) is 0 Å². The summed E-state index contributed by atoms with van der Waals surface area (Å²) in [5, 5.41) is 12.2. The molecule has 0 heterocycles. The van der Waals surface area contributed by atoms with Crippen LogP contribution in [0.4, 0.5) is 0 Å². The van der Waals surface area contributed by atoms with Gasteiger partial charge in [-0.3, -0.25) is 4.79 Å². The molecule has 0 aromatic heterocycles. The van der Waals surface area contributed by atoms with E-state index in [9.17, 15) is 4.79 Å². The Hall–Kier alpha value is -1.00. The minimum Gasteiger partial charge on any atom is -0.481 e. The van der Waals surface area contributed by atoms with Crippen molar-refractivity contribution in [2.75, 3.05) is 6.54 Å². The third-order valence-corrected chi connectivity index (χ3v) is 3.16. The molecule has 4 heteroatoms. The average molecular weight is 253 g/mol.